The molecule has 2 aromatic carbocycles. The zero-order valence-corrected chi connectivity index (χ0v) is 16.3. The number of carbonyl (C=O) groups is 1. The van der Waals surface area contributed by atoms with Gasteiger partial charge < -0.3 is 19.4 Å². The molecule has 1 aliphatic heterocycles. The van der Waals surface area contributed by atoms with Crippen LogP contribution in [0.5, 0.6) is 11.5 Å². The van der Waals surface area contributed by atoms with Gasteiger partial charge in [-0.2, -0.15) is 0 Å². The van der Waals surface area contributed by atoms with Gasteiger partial charge in [0, 0.05) is 18.8 Å². The Morgan fingerprint density at radius 2 is 2.04 bits per heavy atom. The van der Waals surface area contributed by atoms with E-state index in [2.05, 4.69) is 10.3 Å². The van der Waals surface area contributed by atoms with Crippen LogP contribution in [-0.2, 0) is 21.9 Å². The average molecular weight is 420 g/mol. The molecule has 0 saturated carbocycles. The molecule has 11 heteroatoms. The van der Waals surface area contributed by atoms with Gasteiger partial charge >= 0.3 is 0 Å². The average Bonchev–Trinajstić information content (AvgIpc) is 3.23. The van der Waals surface area contributed by atoms with Crippen molar-refractivity contribution in [3.63, 3.8) is 0 Å². The van der Waals surface area contributed by atoms with Gasteiger partial charge in [-0.3, -0.25) is 4.79 Å². The highest BCUT2D eigenvalue weighted by molar-refractivity contribution is 7.99. The van der Waals surface area contributed by atoms with Gasteiger partial charge in [-0.05, 0) is 30.3 Å². The smallest absolute Gasteiger partial charge is 0.238 e. The number of fused-ring (bicyclic) bond motifs is 2. The molecule has 0 atom stereocenters. The van der Waals surface area contributed by atoms with Gasteiger partial charge in [-0.1, -0.05) is 11.8 Å². The zero-order chi connectivity index (χ0) is 19.9. The van der Waals surface area contributed by atoms with E-state index in [0.29, 0.717) is 27.9 Å². The van der Waals surface area contributed by atoms with Crippen LogP contribution in [0.1, 0.15) is 0 Å². The largest absolute Gasteiger partial charge is 0.454 e. The van der Waals surface area contributed by atoms with Gasteiger partial charge in [0.05, 0.1) is 21.7 Å². The monoisotopic (exact) mass is 420 g/mol. The molecule has 0 aliphatic carbocycles. The molecule has 3 aromatic rings. The first-order valence-electron chi connectivity index (χ1n) is 8.13. The maximum Gasteiger partial charge on any atom is 0.238 e. The van der Waals surface area contributed by atoms with Crippen LogP contribution in [0.4, 0.5) is 5.69 Å². The van der Waals surface area contributed by atoms with Gasteiger partial charge in [-0.15, -0.1) is 0 Å². The minimum atomic E-state index is -3.80. The van der Waals surface area contributed by atoms with Gasteiger partial charge in [0.25, 0.3) is 0 Å². The molecule has 0 bridgehead atoms. The number of hydrogen-bond donors (Lipinski definition) is 2. The van der Waals surface area contributed by atoms with Crippen LogP contribution >= 0.6 is 11.8 Å². The molecule has 3 N–H and O–H groups in total. The number of ether oxygens (including phenoxy) is 2. The van der Waals surface area contributed by atoms with E-state index in [1.807, 2.05) is 0 Å². The van der Waals surface area contributed by atoms with Crippen LogP contribution in [-0.4, -0.2) is 36.4 Å². The standard InChI is InChI=1S/C17H16N4O5S2/c1-21-13-4-3-11(28(18,23)24)7-12(13)20-17(21)27-8-16(22)19-10-2-5-14-15(6-10)26-9-25-14/h2-7H,8-9H2,1H3,(H,19,22)(H2,18,23,24). The fourth-order valence-corrected chi connectivity index (χ4v) is 4.09. The Hall–Kier alpha value is -2.76. The molecule has 4 rings (SSSR count). The topological polar surface area (TPSA) is 126 Å². The number of anilines is 1. The number of hydrogen-bond acceptors (Lipinski definition) is 7. The molecule has 2 heterocycles. The van der Waals surface area contributed by atoms with E-state index in [0.717, 1.165) is 5.52 Å². The van der Waals surface area contributed by atoms with E-state index in [9.17, 15) is 13.2 Å². The number of rotatable bonds is 5. The molecule has 1 aliphatic rings. The second kappa shape index (κ2) is 7.00. The maximum absolute atomic E-state index is 12.3. The molecule has 146 valence electrons. The Balaban J connectivity index is 1.46. The van der Waals surface area contributed by atoms with Crippen LogP contribution < -0.4 is 19.9 Å². The molecule has 1 amide bonds. The van der Waals surface area contributed by atoms with E-state index in [1.54, 1.807) is 35.9 Å². The number of nitrogens with two attached hydrogens (primary N) is 1. The molecule has 0 radical (unpaired) electrons. The Morgan fingerprint density at radius 3 is 2.82 bits per heavy atom. The zero-order valence-electron chi connectivity index (χ0n) is 14.7. The summed E-state index contributed by atoms with van der Waals surface area (Å²) in [5.41, 5.74) is 1.84. The number of sulfonamides is 1. The van der Waals surface area contributed by atoms with Gasteiger partial charge in [0.1, 0.15) is 0 Å². The first-order chi connectivity index (χ1) is 13.3. The number of carbonyl (C=O) groups excluding carboxylic acids is 1. The summed E-state index contributed by atoms with van der Waals surface area (Å²) in [4.78, 5) is 16.7. The molecule has 0 unspecified atom stereocenters. The van der Waals surface area contributed by atoms with Gasteiger partial charge in [-0.25, -0.2) is 18.5 Å². The number of nitrogens with zero attached hydrogens (tertiary/aromatic N) is 2. The number of thioether (sulfide) groups is 1. The second-order valence-corrected chi connectivity index (χ2v) is 8.56. The van der Waals surface area contributed by atoms with E-state index in [-0.39, 0.29) is 23.3 Å². The number of benzene rings is 2. The van der Waals surface area contributed by atoms with Crippen molar-refractivity contribution in [2.45, 2.75) is 10.1 Å². The van der Waals surface area contributed by atoms with Crippen LogP contribution in [0, 0.1) is 0 Å². The van der Waals surface area contributed by atoms with E-state index < -0.39 is 10.0 Å². The van der Waals surface area contributed by atoms with Crippen molar-refractivity contribution in [2.24, 2.45) is 12.2 Å². The highest BCUT2D eigenvalue weighted by atomic mass is 32.2. The minimum Gasteiger partial charge on any atom is -0.454 e. The third-order valence-corrected chi connectivity index (χ3v) is 6.07. The number of primary sulfonamides is 1. The molecular weight excluding hydrogens is 404 g/mol. The van der Waals surface area contributed by atoms with Crippen molar-refractivity contribution in [1.29, 1.82) is 0 Å². The molecule has 0 saturated heterocycles. The summed E-state index contributed by atoms with van der Waals surface area (Å²) in [5, 5.41) is 8.54. The van der Waals surface area contributed by atoms with Crippen molar-refractivity contribution in [1.82, 2.24) is 9.55 Å². The summed E-state index contributed by atoms with van der Waals surface area (Å²) in [6.45, 7) is 0.169. The summed E-state index contributed by atoms with van der Waals surface area (Å²) < 4.78 is 35.3. The first kappa shape index (κ1) is 18.6. The van der Waals surface area contributed by atoms with Crippen molar-refractivity contribution < 1.29 is 22.7 Å². The highest BCUT2D eigenvalue weighted by Crippen LogP contribution is 2.34. The van der Waals surface area contributed by atoms with Crippen molar-refractivity contribution in [3.05, 3.63) is 36.4 Å². The van der Waals surface area contributed by atoms with Crippen LogP contribution in [0.2, 0.25) is 0 Å². The third-order valence-electron chi connectivity index (χ3n) is 4.13. The molecule has 0 spiro atoms. The SMILES string of the molecule is Cn1c(SCC(=O)Nc2ccc3c(c2)OCO3)nc2cc(S(N)(=O)=O)ccc21. The highest BCUT2D eigenvalue weighted by Gasteiger charge is 2.16. The maximum atomic E-state index is 12.3. The number of amides is 1. The molecule has 28 heavy (non-hydrogen) atoms. The van der Waals surface area contributed by atoms with Crippen LogP contribution in [0.15, 0.2) is 46.5 Å². The lowest BCUT2D eigenvalue weighted by Crippen LogP contribution is -2.14. The quantitative estimate of drug-likeness (QED) is 0.602. The summed E-state index contributed by atoms with van der Waals surface area (Å²) in [6.07, 6.45) is 0. The van der Waals surface area contributed by atoms with E-state index in [4.69, 9.17) is 14.6 Å². The van der Waals surface area contributed by atoms with Crippen molar-refractivity contribution in [3.8, 4) is 11.5 Å². The number of nitrogens with one attached hydrogen (secondary N) is 1. The summed E-state index contributed by atoms with van der Waals surface area (Å²) in [7, 11) is -2.01. The van der Waals surface area contributed by atoms with Crippen molar-refractivity contribution in [2.75, 3.05) is 17.9 Å². The third kappa shape index (κ3) is 3.63. The Kier molecular flexibility index (Phi) is 4.65. The number of aryl methyl sites for hydroxylation is 1. The minimum absolute atomic E-state index is 0.00444. The lowest BCUT2D eigenvalue weighted by Gasteiger charge is -2.06. The number of imidazole rings is 1. The molecule has 9 nitrogen and oxygen atoms in total. The normalized spacial score (nSPS) is 13.1. The Labute approximate surface area is 164 Å². The summed E-state index contributed by atoms with van der Waals surface area (Å²) in [5.74, 6) is 1.16. The Morgan fingerprint density at radius 1 is 1.25 bits per heavy atom. The molecule has 1 aromatic heterocycles. The van der Waals surface area contributed by atoms with Gasteiger partial charge in [0.15, 0.2) is 16.7 Å². The lowest BCUT2D eigenvalue weighted by atomic mass is 10.3. The molecular formula is C17H16N4O5S2. The van der Waals surface area contributed by atoms with Gasteiger partial charge in [0.2, 0.25) is 22.7 Å². The first-order valence-corrected chi connectivity index (χ1v) is 10.7. The fourth-order valence-electron chi connectivity index (χ4n) is 2.77. The number of aromatic nitrogens is 2. The predicted octanol–water partition coefficient (Wildman–Crippen LogP) is 1.68. The van der Waals surface area contributed by atoms with E-state index >= 15 is 0 Å². The van der Waals surface area contributed by atoms with Crippen molar-refractivity contribution >= 4 is 44.4 Å². The van der Waals surface area contributed by atoms with E-state index in [1.165, 1.54) is 23.9 Å². The Bertz CT molecular complexity index is 1190. The lowest BCUT2D eigenvalue weighted by molar-refractivity contribution is -0.113. The van der Waals surface area contributed by atoms with Crippen LogP contribution in [0.25, 0.3) is 11.0 Å². The molecule has 0 fully saturated rings. The summed E-state index contributed by atoms with van der Waals surface area (Å²) in [6, 6.07) is 9.66. The van der Waals surface area contributed by atoms with Crippen LogP contribution in [0.3, 0.4) is 0 Å². The second-order valence-electron chi connectivity index (χ2n) is 6.05. The fraction of sp³-hybridized carbons (Fsp3) is 0.176. The predicted molar refractivity (Wildman–Crippen MR) is 104 cm³/mol. The summed E-state index contributed by atoms with van der Waals surface area (Å²) >= 11 is 1.24.